The SMILES string of the molecule is CCCC(C(=O)N1CCCC(O)C1)N(C)C. The van der Waals surface area contributed by atoms with Crippen LogP contribution in [0.5, 0.6) is 0 Å². The van der Waals surface area contributed by atoms with Gasteiger partial charge in [-0.1, -0.05) is 13.3 Å². The fraction of sp³-hybridized carbons (Fsp3) is 0.917. The minimum absolute atomic E-state index is 0.0321. The number of aliphatic hydroxyl groups is 1. The summed E-state index contributed by atoms with van der Waals surface area (Å²) >= 11 is 0. The summed E-state index contributed by atoms with van der Waals surface area (Å²) in [4.78, 5) is 16.0. The summed E-state index contributed by atoms with van der Waals surface area (Å²) in [6, 6.07) is -0.0321. The first-order valence-electron chi connectivity index (χ1n) is 6.19. The molecule has 0 saturated carbocycles. The van der Waals surface area contributed by atoms with Gasteiger partial charge in [-0.05, 0) is 33.4 Å². The second-order valence-corrected chi connectivity index (χ2v) is 4.85. The molecular formula is C12H24N2O2. The van der Waals surface area contributed by atoms with Crippen LogP contribution in [0.2, 0.25) is 0 Å². The van der Waals surface area contributed by atoms with Crippen LogP contribution in [0.1, 0.15) is 32.6 Å². The molecule has 1 N–H and O–H groups in total. The number of aliphatic hydroxyl groups excluding tert-OH is 1. The molecule has 4 heteroatoms. The summed E-state index contributed by atoms with van der Waals surface area (Å²) in [5.74, 6) is 0.172. The maximum absolute atomic E-state index is 12.2. The number of amides is 1. The maximum Gasteiger partial charge on any atom is 0.239 e. The maximum atomic E-state index is 12.2. The van der Waals surface area contributed by atoms with Crippen LogP contribution in [-0.2, 0) is 4.79 Å². The van der Waals surface area contributed by atoms with Gasteiger partial charge in [-0.15, -0.1) is 0 Å². The number of carbonyl (C=O) groups excluding carboxylic acids is 1. The van der Waals surface area contributed by atoms with E-state index in [1.807, 2.05) is 23.9 Å². The van der Waals surface area contributed by atoms with Crippen molar-refractivity contribution in [2.45, 2.75) is 44.8 Å². The van der Waals surface area contributed by atoms with Crippen molar-refractivity contribution in [2.24, 2.45) is 0 Å². The van der Waals surface area contributed by atoms with Gasteiger partial charge in [-0.25, -0.2) is 0 Å². The summed E-state index contributed by atoms with van der Waals surface area (Å²) in [6.07, 6.45) is 3.30. The zero-order valence-corrected chi connectivity index (χ0v) is 10.6. The molecule has 1 fully saturated rings. The first-order valence-corrected chi connectivity index (χ1v) is 6.19. The van der Waals surface area contributed by atoms with E-state index < -0.39 is 0 Å². The predicted octanol–water partition coefficient (Wildman–Crippen LogP) is 0.700. The summed E-state index contributed by atoms with van der Waals surface area (Å²) in [5.41, 5.74) is 0. The average Bonchev–Trinajstić information content (AvgIpc) is 2.24. The van der Waals surface area contributed by atoms with Gasteiger partial charge in [0.05, 0.1) is 12.1 Å². The lowest BCUT2D eigenvalue weighted by atomic mass is 10.0. The molecule has 94 valence electrons. The number of rotatable bonds is 4. The minimum atomic E-state index is -0.331. The van der Waals surface area contributed by atoms with Gasteiger partial charge in [0.15, 0.2) is 0 Å². The molecule has 2 atom stereocenters. The molecular weight excluding hydrogens is 204 g/mol. The molecule has 1 amide bonds. The van der Waals surface area contributed by atoms with Gasteiger partial charge in [0.2, 0.25) is 5.91 Å². The largest absolute Gasteiger partial charge is 0.391 e. The van der Waals surface area contributed by atoms with Crippen LogP contribution in [0.15, 0.2) is 0 Å². The first-order chi connectivity index (χ1) is 7.56. The predicted molar refractivity (Wildman–Crippen MR) is 64.2 cm³/mol. The molecule has 16 heavy (non-hydrogen) atoms. The Hall–Kier alpha value is -0.610. The van der Waals surface area contributed by atoms with E-state index in [0.717, 1.165) is 32.2 Å². The molecule has 1 saturated heterocycles. The van der Waals surface area contributed by atoms with Crippen molar-refractivity contribution >= 4 is 5.91 Å². The topological polar surface area (TPSA) is 43.8 Å². The Morgan fingerprint density at radius 2 is 2.25 bits per heavy atom. The van der Waals surface area contributed by atoms with E-state index in [-0.39, 0.29) is 18.1 Å². The summed E-state index contributed by atoms with van der Waals surface area (Å²) in [7, 11) is 3.89. The molecule has 4 nitrogen and oxygen atoms in total. The summed E-state index contributed by atoms with van der Waals surface area (Å²) < 4.78 is 0. The molecule has 0 spiro atoms. The molecule has 2 unspecified atom stereocenters. The Morgan fingerprint density at radius 1 is 1.56 bits per heavy atom. The lowest BCUT2D eigenvalue weighted by Crippen LogP contribution is -2.50. The summed E-state index contributed by atoms with van der Waals surface area (Å²) in [5, 5.41) is 9.57. The van der Waals surface area contributed by atoms with E-state index in [4.69, 9.17) is 0 Å². The van der Waals surface area contributed by atoms with Crippen molar-refractivity contribution in [3.8, 4) is 0 Å². The van der Waals surface area contributed by atoms with Crippen LogP contribution in [0, 0.1) is 0 Å². The molecule has 1 aliphatic heterocycles. The van der Waals surface area contributed by atoms with Crippen LogP contribution in [0.4, 0.5) is 0 Å². The zero-order chi connectivity index (χ0) is 12.1. The van der Waals surface area contributed by atoms with Crippen molar-refractivity contribution in [1.82, 2.24) is 9.80 Å². The highest BCUT2D eigenvalue weighted by Gasteiger charge is 2.28. The van der Waals surface area contributed by atoms with Crippen LogP contribution in [0.3, 0.4) is 0 Å². The smallest absolute Gasteiger partial charge is 0.239 e. The average molecular weight is 228 g/mol. The highest BCUT2D eigenvalue weighted by atomic mass is 16.3. The van der Waals surface area contributed by atoms with E-state index in [9.17, 15) is 9.90 Å². The third kappa shape index (κ3) is 3.46. The third-order valence-electron chi connectivity index (χ3n) is 3.18. The van der Waals surface area contributed by atoms with Gasteiger partial charge in [0.1, 0.15) is 0 Å². The van der Waals surface area contributed by atoms with E-state index in [1.54, 1.807) is 0 Å². The lowest BCUT2D eigenvalue weighted by molar-refractivity contribution is -0.139. The Morgan fingerprint density at radius 3 is 2.75 bits per heavy atom. The number of piperidine rings is 1. The number of nitrogens with zero attached hydrogens (tertiary/aromatic N) is 2. The molecule has 0 aromatic carbocycles. The molecule has 1 heterocycles. The monoisotopic (exact) mass is 228 g/mol. The Balaban J connectivity index is 2.58. The van der Waals surface area contributed by atoms with Gasteiger partial charge in [0.25, 0.3) is 0 Å². The fourth-order valence-electron chi connectivity index (χ4n) is 2.24. The van der Waals surface area contributed by atoms with Gasteiger partial charge in [0, 0.05) is 13.1 Å². The normalized spacial score (nSPS) is 23.6. The summed E-state index contributed by atoms with van der Waals surface area (Å²) in [6.45, 7) is 3.39. The second kappa shape index (κ2) is 6.21. The Labute approximate surface area is 98.2 Å². The molecule has 1 rings (SSSR count). The van der Waals surface area contributed by atoms with E-state index in [2.05, 4.69) is 6.92 Å². The minimum Gasteiger partial charge on any atom is -0.391 e. The van der Waals surface area contributed by atoms with Gasteiger partial charge >= 0.3 is 0 Å². The lowest BCUT2D eigenvalue weighted by Gasteiger charge is -2.34. The highest BCUT2D eigenvalue weighted by Crippen LogP contribution is 2.14. The third-order valence-corrected chi connectivity index (χ3v) is 3.18. The van der Waals surface area contributed by atoms with Crippen molar-refractivity contribution < 1.29 is 9.90 Å². The van der Waals surface area contributed by atoms with Crippen LogP contribution < -0.4 is 0 Å². The number of hydrogen-bond donors (Lipinski definition) is 1. The Bertz CT molecular complexity index is 231. The number of β-amino-alcohol motifs (C(OH)–C–C–N with tert-alkyl or cyclic N) is 1. The molecule has 0 radical (unpaired) electrons. The van der Waals surface area contributed by atoms with Crippen molar-refractivity contribution in [2.75, 3.05) is 27.2 Å². The quantitative estimate of drug-likeness (QED) is 0.770. The number of likely N-dealkylation sites (N-methyl/N-ethyl adjacent to an activating group) is 1. The fourth-order valence-corrected chi connectivity index (χ4v) is 2.24. The second-order valence-electron chi connectivity index (χ2n) is 4.85. The number of carbonyl (C=O) groups is 1. The van der Waals surface area contributed by atoms with Crippen molar-refractivity contribution in [1.29, 1.82) is 0 Å². The van der Waals surface area contributed by atoms with Gasteiger partial charge in [-0.2, -0.15) is 0 Å². The van der Waals surface area contributed by atoms with E-state index >= 15 is 0 Å². The molecule has 0 aliphatic carbocycles. The molecule has 1 aliphatic rings. The van der Waals surface area contributed by atoms with Crippen LogP contribution in [0.25, 0.3) is 0 Å². The van der Waals surface area contributed by atoms with Gasteiger partial charge in [-0.3, -0.25) is 9.69 Å². The van der Waals surface area contributed by atoms with E-state index in [1.165, 1.54) is 0 Å². The zero-order valence-electron chi connectivity index (χ0n) is 10.6. The molecule has 0 aromatic rings. The van der Waals surface area contributed by atoms with E-state index in [0.29, 0.717) is 6.54 Å². The van der Waals surface area contributed by atoms with Gasteiger partial charge < -0.3 is 10.0 Å². The van der Waals surface area contributed by atoms with Crippen molar-refractivity contribution in [3.05, 3.63) is 0 Å². The highest BCUT2D eigenvalue weighted by molar-refractivity contribution is 5.82. The number of likely N-dealkylation sites (tertiary alicyclic amines) is 1. The van der Waals surface area contributed by atoms with Crippen LogP contribution >= 0.6 is 0 Å². The Kier molecular flexibility index (Phi) is 5.22. The molecule has 0 bridgehead atoms. The first kappa shape index (κ1) is 13.5. The standard InChI is InChI=1S/C12H24N2O2/c1-4-6-11(13(2)3)12(16)14-8-5-7-10(15)9-14/h10-11,15H,4-9H2,1-3H3. The number of hydrogen-bond acceptors (Lipinski definition) is 3. The molecule has 0 aromatic heterocycles. The van der Waals surface area contributed by atoms with Crippen LogP contribution in [-0.4, -0.2) is 60.1 Å². The van der Waals surface area contributed by atoms with Crippen molar-refractivity contribution in [3.63, 3.8) is 0 Å².